The maximum absolute atomic E-state index is 5.68. The van der Waals surface area contributed by atoms with Crippen LogP contribution in [0.2, 0.25) is 0 Å². The maximum Gasteiger partial charge on any atom is 0.0437 e. The van der Waals surface area contributed by atoms with E-state index in [1.54, 1.807) is 0 Å². The van der Waals surface area contributed by atoms with Crippen LogP contribution >= 0.6 is 20.2 Å². The van der Waals surface area contributed by atoms with Crippen molar-refractivity contribution < 1.29 is 0 Å². The van der Waals surface area contributed by atoms with Crippen molar-refractivity contribution in [2.75, 3.05) is 5.62 Å². The largest absolute Gasteiger partial charge is 0.122 e. The van der Waals surface area contributed by atoms with Crippen molar-refractivity contribution >= 4 is 25.5 Å². The minimum Gasteiger partial charge on any atom is -0.122 e. The van der Waals surface area contributed by atoms with Gasteiger partial charge in [-0.05, 0) is 16.3 Å². The molecule has 0 amide bonds. The molecule has 1 aromatic carbocycles. The summed E-state index contributed by atoms with van der Waals surface area (Å²) in [6.07, 6.45) is 0. The Kier molecular flexibility index (Phi) is 3.76. The van der Waals surface area contributed by atoms with Gasteiger partial charge in [0.1, 0.15) is 0 Å². The third-order valence-electron chi connectivity index (χ3n) is 2.02. The first-order chi connectivity index (χ1) is 6.04. The van der Waals surface area contributed by atoms with Gasteiger partial charge in [-0.1, -0.05) is 53.6 Å². The molecule has 0 N–H and O–H groups in total. The molecule has 0 aliphatic carbocycles. The summed E-state index contributed by atoms with van der Waals surface area (Å²) in [5.74, 6) is 0. The molecule has 0 aliphatic rings. The van der Waals surface area contributed by atoms with Crippen LogP contribution in [0.3, 0.4) is 0 Å². The molecule has 0 radical (unpaired) electrons. The lowest BCUT2D eigenvalue weighted by Gasteiger charge is -2.18. The molecule has 0 saturated heterocycles. The fraction of sp³-hybridized carbons (Fsp3) is 0.455. The molecule has 0 nitrogen and oxygen atoms in total. The molecular weight excluding hydrogens is 199 g/mol. The predicted molar refractivity (Wildman–Crippen MR) is 63.8 cm³/mol. The molecule has 1 unspecified atom stereocenters. The van der Waals surface area contributed by atoms with E-state index in [0.717, 1.165) is 14.2 Å². The Morgan fingerprint density at radius 2 is 1.69 bits per heavy atom. The van der Waals surface area contributed by atoms with E-state index >= 15 is 0 Å². The van der Waals surface area contributed by atoms with Gasteiger partial charge >= 0.3 is 0 Å². The second kappa shape index (κ2) is 4.44. The third kappa shape index (κ3) is 3.29. The second-order valence-electron chi connectivity index (χ2n) is 4.14. The summed E-state index contributed by atoms with van der Waals surface area (Å²) >= 11 is 5.68. The van der Waals surface area contributed by atoms with Gasteiger partial charge in [0.25, 0.3) is 0 Å². The van der Waals surface area contributed by atoms with E-state index in [0.29, 0.717) is 0 Å². The number of alkyl halides is 1. The van der Waals surface area contributed by atoms with E-state index in [2.05, 4.69) is 45.0 Å². The van der Waals surface area contributed by atoms with Crippen molar-refractivity contribution in [2.24, 2.45) is 0 Å². The quantitative estimate of drug-likeness (QED) is 0.522. The molecule has 0 aromatic heterocycles. The van der Waals surface area contributed by atoms with Gasteiger partial charge in [-0.2, -0.15) is 0 Å². The number of hydrogen-bond donors (Lipinski definition) is 0. The summed E-state index contributed by atoms with van der Waals surface area (Å²) in [6, 6.07) is 8.77. The molecule has 0 saturated carbocycles. The molecule has 2 heteroatoms. The highest BCUT2D eigenvalue weighted by Gasteiger charge is 2.12. The van der Waals surface area contributed by atoms with E-state index in [4.69, 9.17) is 11.6 Å². The van der Waals surface area contributed by atoms with E-state index < -0.39 is 0 Å². The molecule has 0 spiro atoms. The van der Waals surface area contributed by atoms with Gasteiger partial charge in [0.2, 0.25) is 0 Å². The smallest absolute Gasteiger partial charge is 0.0437 e. The molecule has 0 aliphatic heterocycles. The van der Waals surface area contributed by atoms with Crippen molar-refractivity contribution in [3.8, 4) is 0 Å². The lowest BCUT2D eigenvalue weighted by Crippen LogP contribution is -2.11. The van der Waals surface area contributed by atoms with E-state index in [-0.39, 0.29) is 5.41 Å². The van der Waals surface area contributed by atoms with Crippen LogP contribution in [0.5, 0.6) is 0 Å². The zero-order valence-electron chi connectivity index (χ0n) is 8.39. The number of benzene rings is 1. The van der Waals surface area contributed by atoms with Crippen LogP contribution in [0.4, 0.5) is 0 Å². The molecule has 72 valence electrons. The van der Waals surface area contributed by atoms with Gasteiger partial charge in [0, 0.05) is 5.62 Å². The number of hydrogen-bond acceptors (Lipinski definition) is 0. The fourth-order valence-corrected chi connectivity index (χ4v) is 2.18. The zero-order valence-corrected chi connectivity index (χ0v) is 10.2. The normalized spacial score (nSPS) is 12.6. The highest BCUT2D eigenvalue weighted by Crippen LogP contribution is 2.22. The summed E-state index contributed by atoms with van der Waals surface area (Å²) in [5.41, 5.74) is 2.37. The second-order valence-corrected chi connectivity index (χ2v) is 6.14. The summed E-state index contributed by atoms with van der Waals surface area (Å²) < 4.78 is 0. The van der Waals surface area contributed by atoms with Crippen LogP contribution in [0.1, 0.15) is 26.3 Å². The molecule has 0 fully saturated rings. The highest BCUT2D eigenvalue weighted by atomic mass is 35.5. The van der Waals surface area contributed by atoms with Gasteiger partial charge in [-0.3, -0.25) is 0 Å². The van der Waals surface area contributed by atoms with Gasteiger partial charge < -0.3 is 0 Å². The predicted octanol–water partition coefficient (Wildman–Crippen LogP) is 3.48. The van der Waals surface area contributed by atoms with Crippen molar-refractivity contribution in [3.05, 3.63) is 29.8 Å². The van der Waals surface area contributed by atoms with E-state index in [9.17, 15) is 0 Å². The lowest BCUT2D eigenvalue weighted by molar-refractivity contribution is 0.590. The monoisotopic (exact) mass is 214 g/mol. The van der Waals surface area contributed by atoms with Gasteiger partial charge in [0.15, 0.2) is 0 Å². The summed E-state index contributed by atoms with van der Waals surface area (Å²) in [5, 5.41) is 1.35. The Morgan fingerprint density at radius 3 is 2.08 bits per heavy atom. The van der Waals surface area contributed by atoms with Crippen LogP contribution < -0.4 is 5.30 Å². The third-order valence-corrected chi connectivity index (χ3v) is 3.30. The highest BCUT2D eigenvalue weighted by molar-refractivity contribution is 7.49. The zero-order chi connectivity index (χ0) is 9.90. The van der Waals surface area contributed by atoms with E-state index in [1.807, 2.05) is 0 Å². The fourth-order valence-electron chi connectivity index (χ4n) is 1.17. The first kappa shape index (κ1) is 11.0. The molecular formula is C11H16ClP. The van der Waals surface area contributed by atoms with Crippen molar-refractivity contribution in [1.82, 2.24) is 0 Å². The first-order valence-corrected chi connectivity index (χ1v) is 6.18. The number of halogens is 1. The van der Waals surface area contributed by atoms with Crippen LogP contribution in [0.15, 0.2) is 24.3 Å². The molecule has 0 heterocycles. The van der Waals surface area contributed by atoms with Crippen LogP contribution in [0.25, 0.3) is 0 Å². The Bertz CT molecular complexity index is 258. The van der Waals surface area contributed by atoms with Crippen molar-refractivity contribution in [1.29, 1.82) is 0 Å². The topological polar surface area (TPSA) is 0 Å². The molecule has 1 aromatic rings. The minimum absolute atomic E-state index is 0.253. The first-order valence-electron chi connectivity index (χ1n) is 4.44. The van der Waals surface area contributed by atoms with Gasteiger partial charge in [-0.25, -0.2) is 0 Å². The Labute approximate surface area is 87.5 Å². The molecule has 0 bridgehead atoms. The van der Waals surface area contributed by atoms with Crippen molar-refractivity contribution in [2.45, 2.75) is 26.2 Å². The lowest BCUT2D eigenvalue weighted by atomic mass is 9.87. The average Bonchev–Trinajstić information content (AvgIpc) is 2.04. The SMILES string of the molecule is CC(C)(C)c1ccc(PCCl)cc1. The van der Waals surface area contributed by atoms with Crippen LogP contribution in [0, 0.1) is 0 Å². The van der Waals surface area contributed by atoms with Crippen LogP contribution in [-0.4, -0.2) is 5.62 Å². The number of rotatable bonds is 2. The molecule has 1 atom stereocenters. The maximum atomic E-state index is 5.68. The summed E-state index contributed by atoms with van der Waals surface area (Å²) in [6.45, 7) is 6.68. The Balaban J connectivity index is 2.81. The minimum atomic E-state index is 0.253. The standard InChI is InChI=1S/C11H16ClP/c1-11(2,3)9-4-6-10(7-5-9)13-8-12/h4-7,13H,8H2,1-3H3. The van der Waals surface area contributed by atoms with Crippen LogP contribution in [-0.2, 0) is 5.41 Å². The Morgan fingerprint density at radius 1 is 1.15 bits per heavy atom. The Hall–Kier alpha value is -0.0600. The summed E-state index contributed by atoms with van der Waals surface area (Å²) in [4.78, 5) is 0. The summed E-state index contributed by atoms with van der Waals surface area (Å²) in [7, 11) is 0.732. The van der Waals surface area contributed by atoms with E-state index in [1.165, 1.54) is 10.9 Å². The van der Waals surface area contributed by atoms with Crippen molar-refractivity contribution in [3.63, 3.8) is 0 Å². The van der Waals surface area contributed by atoms with Gasteiger partial charge in [0.05, 0.1) is 0 Å². The molecule has 13 heavy (non-hydrogen) atoms. The average molecular weight is 215 g/mol. The van der Waals surface area contributed by atoms with Gasteiger partial charge in [-0.15, -0.1) is 11.6 Å². The molecule has 1 rings (SSSR count).